The van der Waals surface area contributed by atoms with E-state index in [1.165, 1.54) is 42.4 Å². The number of likely N-dealkylation sites (tertiary alicyclic amines) is 1. The minimum absolute atomic E-state index is 0.00708. The Morgan fingerprint density at radius 2 is 2.00 bits per heavy atom. The van der Waals surface area contributed by atoms with Crippen LogP contribution in [0.15, 0.2) is 58.8 Å². The second-order valence-electron chi connectivity index (χ2n) is 11.7. The zero-order chi connectivity index (χ0) is 25.6. The molecule has 7 heteroatoms. The van der Waals surface area contributed by atoms with E-state index in [9.17, 15) is 8.76 Å². The summed E-state index contributed by atoms with van der Waals surface area (Å²) >= 11 is -1.98. The Balaban J connectivity index is 1.25. The first kappa shape index (κ1) is 25.0. The molecule has 37 heavy (non-hydrogen) atoms. The molecule has 0 radical (unpaired) electrons. The Kier molecular flexibility index (Phi) is 6.80. The van der Waals surface area contributed by atoms with Gasteiger partial charge in [0.2, 0.25) is 5.88 Å². The number of allylic oxidation sites excluding steroid dienone is 4. The third-order valence-corrected chi connectivity index (χ3v) is 9.73. The van der Waals surface area contributed by atoms with Crippen molar-refractivity contribution in [3.63, 3.8) is 0 Å². The first-order valence-corrected chi connectivity index (χ1v) is 14.8. The van der Waals surface area contributed by atoms with Gasteiger partial charge in [-0.25, -0.2) is 14.2 Å². The molecule has 1 saturated heterocycles. The van der Waals surface area contributed by atoms with Crippen LogP contribution in [0.5, 0.6) is 5.88 Å². The van der Waals surface area contributed by atoms with E-state index in [1.807, 2.05) is 18.2 Å². The van der Waals surface area contributed by atoms with Crippen molar-refractivity contribution >= 4 is 16.7 Å². The molecule has 1 aliphatic heterocycles. The van der Waals surface area contributed by atoms with Crippen molar-refractivity contribution in [1.29, 1.82) is 0 Å². The van der Waals surface area contributed by atoms with Crippen molar-refractivity contribution < 1.29 is 13.5 Å². The first-order chi connectivity index (χ1) is 17.9. The van der Waals surface area contributed by atoms with Crippen LogP contribution in [0.4, 0.5) is 0 Å². The van der Waals surface area contributed by atoms with Gasteiger partial charge in [0.15, 0.2) is 11.1 Å². The third-order valence-electron chi connectivity index (χ3n) is 9.07. The number of aromatic nitrogens is 2. The van der Waals surface area contributed by atoms with E-state index in [0.717, 1.165) is 50.0 Å². The van der Waals surface area contributed by atoms with E-state index in [-0.39, 0.29) is 12.0 Å². The molecule has 1 aromatic carbocycles. The summed E-state index contributed by atoms with van der Waals surface area (Å²) in [4.78, 5) is 12.2. The van der Waals surface area contributed by atoms with Crippen molar-refractivity contribution in [2.24, 2.45) is 5.41 Å². The SMILES string of the molecule is CC1=CCCC(C)=C1c1cc(O[C@H]2CC(c3cccc(S(=O)O)c3)CCN(C3CC4(CC4)C3)C2)ncn1. The Morgan fingerprint density at radius 1 is 1.16 bits per heavy atom. The van der Waals surface area contributed by atoms with Crippen molar-refractivity contribution in [2.75, 3.05) is 13.1 Å². The molecule has 1 N–H and O–H groups in total. The number of nitrogens with zero attached hydrogens (tertiary/aromatic N) is 3. The van der Waals surface area contributed by atoms with Gasteiger partial charge in [-0.2, -0.15) is 0 Å². The van der Waals surface area contributed by atoms with Crippen LogP contribution in [0, 0.1) is 5.41 Å². The van der Waals surface area contributed by atoms with Crippen LogP contribution in [-0.2, 0) is 11.1 Å². The maximum absolute atomic E-state index is 11.7. The third kappa shape index (κ3) is 5.31. The predicted octanol–water partition coefficient (Wildman–Crippen LogP) is 6.14. The second-order valence-corrected chi connectivity index (χ2v) is 12.6. The van der Waals surface area contributed by atoms with E-state index in [2.05, 4.69) is 40.9 Å². The molecular formula is C30H37N3O3S. The fourth-order valence-electron chi connectivity index (χ4n) is 6.77. The Morgan fingerprint density at radius 3 is 2.76 bits per heavy atom. The summed E-state index contributed by atoms with van der Waals surface area (Å²) in [7, 11) is 0. The van der Waals surface area contributed by atoms with Crippen LogP contribution < -0.4 is 4.74 Å². The van der Waals surface area contributed by atoms with Gasteiger partial charge in [0.05, 0.1) is 10.6 Å². The quantitative estimate of drug-likeness (QED) is 0.462. The molecule has 1 spiro atoms. The molecule has 0 bridgehead atoms. The number of benzene rings is 1. The van der Waals surface area contributed by atoms with E-state index in [0.29, 0.717) is 22.2 Å². The Hall–Kier alpha value is -2.35. The van der Waals surface area contributed by atoms with Crippen LogP contribution in [0.3, 0.4) is 0 Å². The van der Waals surface area contributed by atoms with Crippen molar-refractivity contribution in [2.45, 2.75) is 88.2 Å². The lowest BCUT2D eigenvalue weighted by Crippen LogP contribution is -2.48. The van der Waals surface area contributed by atoms with Crippen LogP contribution in [-0.4, -0.2) is 48.9 Å². The molecule has 4 aliphatic rings. The lowest BCUT2D eigenvalue weighted by molar-refractivity contribution is 0.0384. The van der Waals surface area contributed by atoms with E-state index < -0.39 is 11.1 Å². The average Bonchev–Trinajstić information content (AvgIpc) is 3.68. The summed E-state index contributed by atoms with van der Waals surface area (Å²) in [5, 5.41) is 0. The fourth-order valence-corrected chi connectivity index (χ4v) is 7.20. The highest BCUT2D eigenvalue weighted by molar-refractivity contribution is 7.79. The van der Waals surface area contributed by atoms with Crippen molar-refractivity contribution in [1.82, 2.24) is 14.9 Å². The van der Waals surface area contributed by atoms with Gasteiger partial charge in [0.25, 0.3) is 0 Å². The van der Waals surface area contributed by atoms with E-state index in [1.54, 1.807) is 12.4 Å². The molecule has 2 saturated carbocycles. The number of hydrogen-bond acceptors (Lipinski definition) is 5. The molecule has 3 aliphatic carbocycles. The van der Waals surface area contributed by atoms with Crippen molar-refractivity contribution in [3.05, 3.63) is 65.1 Å². The van der Waals surface area contributed by atoms with Crippen LogP contribution in [0.2, 0.25) is 0 Å². The summed E-state index contributed by atoms with van der Waals surface area (Å²) in [6, 6.07) is 10.3. The van der Waals surface area contributed by atoms with Gasteiger partial charge in [0, 0.05) is 24.2 Å². The van der Waals surface area contributed by atoms with Crippen LogP contribution >= 0.6 is 0 Å². The summed E-state index contributed by atoms with van der Waals surface area (Å²) in [6.45, 7) is 6.28. The molecule has 2 aromatic rings. The Bertz CT molecular complexity index is 1260. The lowest BCUT2D eigenvalue weighted by atomic mass is 9.76. The van der Waals surface area contributed by atoms with Gasteiger partial charge in [-0.3, -0.25) is 4.90 Å². The van der Waals surface area contributed by atoms with Crippen LogP contribution in [0.25, 0.3) is 5.57 Å². The fraction of sp³-hybridized carbons (Fsp3) is 0.533. The average molecular weight is 520 g/mol. The molecular weight excluding hydrogens is 482 g/mol. The van der Waals surface area contributed by atoms with Gasteiger partial charge >= 0.3 is 0 Å². The summed E-state index contributed by atoms with van der Waals surface area (Å²) < 4.78 is 28.0. The number of rotatable bonds is 6. The van der Waals surface area contributed by atoms with E-state index in [4.69, 9.17) is 4.74 Å². The number of ether oxygens (including phenoxy) is 1. The zero-order valence-electron chi connectivity index (χ0n) is 21.9. The lowest BCUT2D eigenvalue weighted by Gasteiger charge is -2.44. The predicted molar refractivity (Wildman–Crippen MR) is 146 cm³/mol. The topological polar surface area (TPSA) is 75.6 Å². The standard InChI is InChI=1S/C30H37N3O3S/c1-20-5-3-6-21(2)29(20)27-15-28(32-19-31-27)36-25-13-23(22-7-4-8-26(14-22)37(34)35)9-12-33(18-25)24-16-30(17-24)10-11-30/h4-5,7-8,14-15,19,23-25H,3,6,9-13,16-18H2,1-2H3,(H,34,35)/t23?,25-/m0/s1. The van der Waals surface area contributed by atoms with Gasteiger partial charge in [-0.1, -0.05) is 23.8 Å². The number of hydrogen-bond donors (Lipinski definition) is 1. The van der Waals surface area contributed by atoms with Gasteiger partial charge in [0.1, 0.15) is 12.4 Å². The van der Waals surface area contributed by atoms with Crippen LogP contribution in [0.1, 0.15) is 82.4 Å². The molecule has 3 atom stereocenters. The first-order valence-electron chi connectivity index (χ1n) is 13.7. The molecule has 2 heterocycles. The smallest absolute Gasteiger partial charge is 0.217 e. The second kappa shape index (κ2) is 10.1. The van der Waals surface area contributed by atoms with Gasteiger partial charge < -0.3 is 9.29 Å². The molecule has 196 valence electrons. The highest BCUT2D eigenvalue weighted by Gasteiger charge is 2.54. The molecule has 6 nitrogen and oxygen atoms in total. The molecule has 2 unspecified atom stereocenters. The molecule has 6 rings (SSSR count). The largest absolute Gasteiger partial charge is 0.473 e. The normalized spacial score (nSPS) is 26.8. The highest BCUT2D eigenvalue weighted by Crippen LogP contribution is 2.62. The Labute approximate surface area is 222 Å². The maximum atomic E-state index is 11.7. The highest BCUT2D eigenvalue weighted by atomic mass is 32.2. The molecule has 3 fully saturated rings. The molecule has 1 aromatic heterocycles. The van der Waals surface area contributed by atoms with Gasteiger partial charge in [-0.15, -0.1) is 0 Å². The maximum Gasteiger partial charge on any atom is 0.217 e. The van der Waals surface area contributed by atoms with Crippen molar-refractivity contribution in [3.8, 4) is 5.88 Å². The summed E-state index contributed by atoms with van der Waals surface area (Å²) in [5.41, 5.74) is 6.57. The monoisotopic (exact) mass is 519 g/mol. The molecule has 0 amide bonds. The minimum Gasteiger partial charge on any atom is -0.473 e. The van der Waals surface area contributed by atoms with Gasteiger partial charge in [-0.05, 0) is 106 Å². The van der Waals surface area contributed by atoms with E-state index >= 15 is 0 Å². The summed E-state index contributed by atoms with van der Waals surface area (Å²) in [6.07, 6.45) is 13.4. The zero-order valence-corrected chi connectivity index (χ0v) is 22.7. The minimum atomic E-state index is -1.98. The summed E-state index contributed by atoms with van der Waals surface area (Å²) in [5.74, 6) is 0.898.